The van der Waals surface area contributed by atoms with Crippen molar-refractivity contribution in [2.24, 2.45) is 35.5 Å². The fourth-order valence-corrected chi connectivity index (χ4v) is 4.94. The molecular formula is C18H17NO2. The molecule has 0 spiro atoms. The summed E-state index contributed by atoms with van der Waals surface area (Å²) in [7, 11) is 0. The van der Waals surface area contributed by atoms with Gasteiger partial charge in [0, 0.05) is 0 Å². The lowest BCUT2D eigenvalue weighted by molar-refractivity contribution is -0.140. The molecule has 6 atom stereocenters. The van der Waals surface area contributed by atoms with E-state index in [2.05, 4.69) is 12.2 Å². The summed E-state index contributed by atoms with van der Waals surface area (Å²) in [5.74, 6) is 1.99. The zero-order valence-electron chi connectivity index (χ0n) is 11.7. The van der Waals surface area contributed by atoms with Gasteiger partial charge in [0.05, 0.1) is 18.4 Å². The summed E-state index contributed by atoms with van der Waals surface area (Å²) in [5, 5.41) is 0. The zero-order valence-corrected chi connectivity index (χ0v) is 11.7. The third-order valence-electron chi connectivity index (χ3n) is 5.94. The first-order valence-corrected chi connectivity index (χ1v) is 7.83. The average molecular weight is 279 g/mol. The minimum Gasteiger partial charge on any atom is -0.278 e. The number of amides is 2. The van der Waals surface area contributed by atoms with Crippen LogP contribution in [0, 0.1) is 35.5 Å². The van der Waals surface area contributed by atoms with Gasteiger partial charge in [-0.2, -0.15) is 0 Å². The lowest BCUT2D eigenvalue weighted by atomic mass is 9.63. The van der Waals surface area contributed by atoms with Gasteiger partial charge in [-0.3, -0.25) is 14.5 Å². The molecule has 3 heteroatoms. The van der Waals surface area contributed by atoms with Gasteiger partial charge in [-0.15, -0.1) is 0 Å². The molecular weight excluding hydrogens is 262 g/mol. The van der Waals surface area contributed by atoms with Crippen LogP contribution in [-0.2, 0) is 16.1 Å². The van der Waals surface area contributed by atoms with Crippen LogP contribution in [0.3, 0.4) is 0 Å². The number of hydrogen-bond donors (Lipinski definition) is 0. The standard InChI is InChI=1S/C18H17NO2/c20-17-15-11-6-7-12(14-8-13(11)14)16(15)18(21)19(17)9-10-4-2-1-3-5-10/h1-7,11-16H,8-9H2/t11-,12+,13-,14-,15+,16+/m1/s1. The summed E-state index contributed by atoms with van der Waals surface area (Å²) < 4.78 is 0. The molecule has 3 fully saturated rings. The Morgan fingerprint density at radius 3 is 2.05 bits per heavy atom. The predicted molar refractivity (Wildman–Crippen MR) is 76.7 cm³/mol. The number of nitrogens with zero attached hydrogens (tertiary/aromatic N) is 1. The number of carbonyl (C=O) groups excluding carboxylic acids is 2. The summed E-state index contributed by atoms with van der Waals surface area (Å²) >= 11 is 0. The molecule has 21 heavy (non-hydrogen) atoms. The molecule has 3 nitrogen and oxygen atoms in total. The number of hydrogen-bond acceptors (Lipinski definition) is 2. The average Bonchev–Trinajstić information content (AvgIpc) is 3.30. The van der Waals surface area contributed by atoms with Crippen LogP contribution >= 0.6 is 0 Å². The second-order valence-electron chi connectivity index (χ2n) is 6.90. The van der Waals surface area contributed by atoms with Crippen LogP contribution in [0.5, 0.6) is 0 Å². The van der Waals surface area contributed by atoms with Crippen molar-refractivity contribution in [3.8, 4) is 0 Å². The maximum Gasteiger partial charge on any atom is 0.234 e. The van der Waals surface area contributed by atoms with E-state index in [-0.39, 0.29) is 23.7 Å². The van der Waals surface area contributed by atoms with E-state index in [0.29, 0.717) is 30.2 Å². The topological polar surface area (TPSA) is 37.4 Å². The van der Waals surface area contributed by atoms with Gasteiger partial charge in [-0.1, -0.05) is 42.5 Å². The highest BCUT2D eigenvalue weighted by Gasteiger charge is 2.66. The van der Waals surface area contributed by atoms with E-state index in [0.717, 1.165) is 5.56 Å². The number of carbonyl (C=O) groups is 2. The van der Waals surface area contributed by atoms with Gasteiger partial charge in [-0.25, -0.2) is 0 Å². The quantitative estimate of drug-likeness (QED) is 0.615. The molecule has 0 unspecified atom stereocenters. The molecule has 0 radical (unpaired) electrons. The second kappa shape index (κ2) is 3.85. The van der Waals surface area contributed by atoms with Gasteiger partial charge < -0.3 is 0 Å². The Bertz CT molecular complexity index is 629. The first kappa shape index (κ1) is 11.7. The Morgan fingerprint density at radius 1 is 0.905 bits per heavy atom. The van der Waals surface area contributed by atoms with E-state index in [9.17, 15) is 9.59 Å². The second-order valence-corrected chi connectivity index (χ2v) is 6.90. The van der Waals surface area contributed by atoms with Gasteiger partial charge in [0.1, 0.15) is 0 Å². The lowest BCUT2D eigenvalue weighted by Gasteiger charge is -2.37. The van der Waals surface area contributed by atoms with E-state index in [1.165, 1.54) is 11.3 Å². The summed E-state index contributed by atoms with van der Waals surface area (Å²) in [6.07, 6.45) is 5.66. The molecule has 6 rings (SSSR count). The Labute approximate surface area is 123 Å². The first-order chi connectivity index (χ1) is 10.3. The Balaban J connectivity index is 1.49. The Hall–Kier alpha value is -1.90. The molecule has 2 saturated carbocycles. The maximum absolute atomic E-state index is 12.8. The van der Waals surface area contributed by atoms with Crippen LogP contribution in [0.15, 0.2) is 42.5 Å². The highest BCUT2D eigenvalue weighted by molar-refractivity contribution is 6.06. The molecule has 2 bridgehead atoms. The first-order valence-electron chi connectivity index (χ1n) is 7.83. The fraction of sp³-hybridized carbons (Fsp3) is 0.444. The van der Waals surface area contributed by atoms with E-state index in [4.69, 9.17) is 0 Å². The Kier molecular flexibility index (Phi) is 2.15. The highest BCUT2D eigenvalue weighted by Crippen LogP contribution is 2.65. The van der Waals surface area contributed by atoms with Gasteiger partial charge in [0.2, 0.25) is 11.8 Å². The van der Waals surface area contributed by atoms with Gasteiger partial charge in [-0.05, 0) is 35.7 Å². The van der Waals surface area contributed by atoms with Crippen LogP contribution in [0.4, 0.5) is 0 Å². The minimum absolute atomic E-state index is 0.0681. The largest absolute Gasteiger partial charge is 0.278 e. The summed E-state index contributed by atoms with van der Waals surface area (Å²) in [4.78, 5) is 27.1. The van der Waals surface area contributed by atoms with Crippen molar-refractivity contribution < 1.29 is 9.59 Å². The monoisotopic (exact) mass is 279 g/mol. The van der Waals surface area contributed by atoms with Crippen molar-refractivity contribution in [2.75, 3.05) is 0 Å². The molecule has 1 heterocycles. The molecule has 106 valence electrons. The number of rotatable bonds is 2. The minimum atomic E-state index is -0.0695. The molecule has 1 saturated heterocycles. The summed E-state index contributed by atoms with van der Waals surface area (Å²) in [6, 6.07) is 9.82. The summed E-state index contributed by atoms with van der Waals surface area (Å²) in [6.45, 7) is 0.431. The molecule has 1 aromatic carbocycles. The molecule has 2 amide bonds. The molecule has 5 aliphatic rings. The smallest absolute Gasteiger partial charge is 0.234 e. The molecule has 4 aliphatic carbocycles. The van der Waals surface area contributed by atoms with E-state index in [1.807, 2.05) is 30.3 Å². The number of benzene rings is 1. The van der Waals surface area contributed by atoms with E-state index < -0.39 is 0 Å². The van der Waals surface area contributed by atoms with Crippen molar-refractivity contribution in [2.45, 2.75) is 13.0 Å². The number of imide groups is 1. The SMILES string of the molecule is O=C1[C@H]2[C@@H]3C=C[C@@H]([C@H]4C[C@H]34)[C@@H]2C(=O)N1Cc1ccccc1. The van der Waals surface area contributed by atoms with Gasteiger partial charge >= 0.3 is 0 Å². The van der Waals surface area contributed by atoms with Crippen LogP contribution in [-0.4, -0.2) is 16.7 Å². The fourth-order valence-electron chi connectivity index (χ4n) is 4.94. The number of allylic oxidation sites excluding steroid dienone is 2. The van der Waals surface area contributed by atoms with Crippen molar-refractivity contribution in [1.29, 1.82) is 0 Å². The molecule has 1 aliphatic heterocycles. The van der Waals surface area contributed by atoms with Crippen molar-refractivity contribution in [3.05, 3.63) is 48.0 Å². The van der Waals surface area contributed by atoms with E-state index in [1.54, 1.807) is 0 Å². The normalized spacial score (nSPS) is 42.2. The Morgan fingerprint density at radius 2 is 1.48 bits per heavy atom. The summed E-state index contributed by atoms with van der Waals surface area (Å²) in [5.41, 5.74) is 1.03. The molecule has 0 aromatic heterocycles. The van der Waals surface area contributed by atoms with Crippen molar-refractivity contribution in [3.63, 3.8) is 0 Å². The van der Waals surface area contributed by atoms with Gasteiger partial charge in [0.25, 0.3) is 0 Å². The molecule has 1 aromatic rings. The van der Waals surface area contributed by atoms with Crippen molar-refractivity contribution >= 4 is 11.8 Å². The van der Waals surface area contributed by atoms with Gasteiger partial charge in [0.15, 0.2) is 0 Å². The van der Waals surface area contributed by atoms with Crippen LogP contribution < -0.4 is 0 Å². The molecule has 0 N–H and O–H groups in total. The predicted octanol–water partition coefficient (Wildman–Crippen LogP) is 2.24. The highest BCUT2D eigenvalue weighted by atomic mass is 16.2. The maximum atomic E-state index is 12.8. The third kappa shape index (κ3) is 1.44. The third-order valence-corrected chi connectivity index (χ3v) is 5.94. The van der Waals surface area contributed by atoms with Crippen LogP contribution in [0.1, 0.15) is 12.0 Å². The van der Waals surface area contributed by atoms with Crippen molar-refractivity contribution in [1.82, 2.24) is 4.90 Å². The zero-order chi connectivity index (χ0) is 14.1. The number of likely N-dealkylation sites (tertiary alicyclic amines) is 1. The van der Waals surface area contributed by atoms with E-state index >= 15 is 0 Å². The lowest BCUT2D eigenvalue weighted by Crippen LogP contribution is -2.40. The van der Waals surface area contributed by atoms with Crippen LogP contribution in [0.2, 0.25) is 0 Å². The van der Waals surface area contributed by atoms with Crippen LogP contribution in [0.25, 0.3) is 0 Å².